The van der Waals surface area contributed by atoms with Gasteiger partial charge in [0.05, 0.1) is 0 Å². The van der Waals surface area contributed by atoms with Crippen LogP contribution in [0.5, 0.6) is 0 Å². The molecule has 1 amide bonds. The molecule has 0 aromatic carbocycles. The van der Waals surface area contributed by atoms with E-state index < -0.39 is 0 Å². The highest BCUT2D eigenvalue weighted by Crippen LogP contribution is 1.96. The van der Waals surface area contributed by atoms with Crippen LogP contribution in [-0.2, 0) is 4.79 Å². The van der Waals surface area contributed by atoms with Gasteiger partial charge in [0.25, 0.3) is 0 Å². The number of halogens is 1. The summed E-state index contributed by atoms with van der Waals surface area (Å²) in [5.74, 6) is -0.0173. The van der Waals surface area contributed by atoms with Gasteiger partial charge in [-0.05, 0) is 6.42 Å². The molecule has 2 nitrogen and oxygen atoms in total. The number of rotatable bonds is 6. The predicted octanol–water partition coefficient (Wildman–Crippen LogP) is 1.74. The molecule has 0 spiro atoms. The molecule has 0 aromatic rings. The zero-order chi connectivity index (χ0) is 8.53. The Kier molecular flexibility index (Phi) is 7.69. The van der Waals surface area contributed by atoms with Gasteiger partial charge in [-0.2, -0.15) is 0 Å². The molecule has 3 heteroatoms. The molecule has 1 N–H and O–H groups in total. The summed E-state index contributed by atoms with van der Waals surface area (Å²) in [6.45, 7) is 4.47. The maximum Gasteiger partial charge on any atom is 0.234 e. The van der Waals surface area contributed by atoms with Gasteiger partial charge in [-0.25, -0.2) is 0 Å². The topological polar surface area (TPSA) is 29.1 Å². The van der Waals surface area contributed by atoms with Gasteiger partial charge in [-0.1, -0.05) is 26.2 Å². The third kappa shape index (κ3) is 7.66. The fraction of sp³-hybridized carbons (Fsp3) is 0.750. The Hall–Kier alpha value is -0.240. The van der Waals surface area contributed by atoms with Crippen LogP contribution in [0.15, 0.2) is 0 Å². The normalized spacial score (nSPS) is 9.64. The van der Waals surface area contributed by atoms with Crippen LogP contribution in [0.3, 0.4) is 0 Å². The van der Waals surface area contributed by atoms with Gasteiger partial charge in [0.2, 0.25) is 5.91 Å². The van der Waals surface area contributed by atoms with Crippen molar-refractivity contribution in [3.05, 3.63) is 6.92 Å². The van der Waals surface area contributed by atoms with Crippen molar-refractivity contribution in [3.8, 4) is 0 Å². The van der Waals surface area contributed by atoms with E-state index in [9.17, 15) is 4.79 Å². The third-order valence-electron chi connectivity index (χ3n) is 1.37. The highest BCUT2D eigenvalue weighted by molar-refractivity contribution is 6.27. The maximum absolute atomic E-state index is 10.6. The highest BCUT2D eigenvalue weighted by Gasteiger charge is 1.95. The number of hydrogen-bond acceptors (Lipinski definition) is 1. The Bertz CT molecular complexity index is 106. The molecule has 0 heterocycles. The van der Waals surface area contributed by atoms with E-state index in [0.29, 0.717) is 0 Å². The van der Waals surface area contributed by atoms with E-state index in [0.717, 1.165) is 32.2 Å². The lowest BCUT2D eigenvalue weighted by Crippen LogP contribution is -2.25. The van der Waals surface area contributed by atoms with Gasteiger partial charge in [-0.3, -0.25) is 4.79 Å². The first-order valence-electron chi connectivity index (χ1n) is 3.93. The molecule has 0 saturated heterocycles. The average Bonchev–Trinajstić information content (AvgIpc) is 2.04. The largest absolute Gasteiger partial charge is 0.355 e. The lowest BCUT2D eigenvalue weighted by Gasteiger charge is -2.00. The minimum atomic E-state index is -0.0821. The molecule has 0 atom stereocenters. The van der Waals surface area contributed by atoms with E-state index in [1.807, 2.05) is 0 Å². The standard InChI is InChI=1S/C8H15ClNO/c1-2-3-4-5-6-10-8(11)7-9/h1-7H2,(H,10,11). The van der Waals surface area contributed by atoms with E-state index >= 15 is 0 Å². The van der Waals surface area contributed by atoms with E-state index in [1.54, 1.807) is 0 Å². The number of unbranched alkanes of at least 4 members (excludes halogenated alkanes) is 3. The van der Waals surface area contributed by atoms with Crippen LogP contribution in [0, 0.1) is 6.92 Å². The van der Waals surface area contributed by atoms with Gasteiger partial charge < -0.3 is 5.32 Å². The van der Waals surface area contributed by atoms with Crippen molar-refractivity contribution in [3.63, 3.8) is 0 Å². The SMILES string of the molecule is [CH2]CCCCCNC(=O)CCl. The molecule has 0 unspecified atom stereocenters. The zero-order valence-corrected chi connectivity index (χ0v) is 7.49. The molecule has 0 fully saturated rings. The second kappa shape index (κ2) is 7.86. The predicted molar refractivity (Wildman–Crippen MR) is 47.6 cm³/mol. The zero-order valence-electron chi connectivity index (χ0n) is 6.74. The molecule has 0 aliphatic rings. The highest BCUT2D eigenvalue weighted by atomic mass is 35.5. The second-order valence-electron chi connectivity index (χ2n) is 2.40. The lowest BCUT2D eigenvalue weighted by molar-refractivity contribution is -0.118. The van der Waals surface area contributed by atoms with E-state index in [1.165, 1.54) is 0 Å². The van der Waals surface area contributed by atoms with Crippen LogP contribution in [-0.4, -0.2) is 18.3 Å². The lowest BCUT2D eigenvalue weighted by atomic mass is 10.2. The first-order chi connectivity index (χ1) is 5.31. The fourth-order valence-corrected chi connectivity index (χ4v) is 0.848. The minimum Gasteiger partial charge on any atom is -0.355 e. The van der Waals surface area contributed by atoms with Crippen molar-refractivity contribution in [1.82, 2.24) is 5.32 Å². The second-order valence-corrected chi connectivity index (χ2v) is 2.67. The maximum atomic E-state index is 10.6. The molecule has 0 bridgehead atoms. The fourth-order valence-electron chi connectivity index (χ4n) is 0.754. The average molecular weight is 177 g/mol. The summed E-state index contributed by atoms with van der Waals surface area (Å²) < 4.78 is 0. The number of carbonyl (C=O) groups excluding carboxylic acids is 1. The van der Waals surface area contributed by atoms with Crippen molar-refractivity contribution in [2.75, 3.05) is 12.4 Å². The Morgan fingerprint density at radius 1 is 1.36 bits per heavy atom. The Balaban J connectivity index is 2.95. The summed E-state index contributed by atoms with van der Waals surface area (Å²) in [6, 6.07) is 0. The molecular formula is C8H15ClNO. The number of alkyl halides is 1. The van der Waals surface area contributed by atoms with Crippen molar-refractivity contribution in [2.45, 2.75) is 25.7 Å². The van der Waals surface area contributed by atoms with Gasteiger partial charge in [0.15, 0.2) is 0 Å². The summed E-state index contributed by atoms with van der Waals surface area (Å²) in [5.41, 5.74) is 0. The summed E-state index contributed by atoms with van der Waals surface area (Å²) in [5, 5.41) is 2.70. The van der Waals surface area contributed by atoms with Crippen LogP contribution in [0.1, 0.15) is 25.7 Å². The van der Waals surface area contributed by atoms with Crippen molar-refractivity contribution in [2.24, 2.45) is 0 Å². The van der Waals surface area contributed by atoms with Crippen molar-refractivity contribution in [1.29, 1.82) is 0 Å². The van der Waals surface area contributed by atoms with Gasteiger partial charge >= 0.3 is 0 Å². The van der Waals surface area contributed by atoms with E-state index in [4.69, 9.17) is 11.6 Å². The summed E-state index contributed by atoms with van der Waals surface area (Å²) >= 11 is 5.27. The Morgan fingerprint density at radius 2 is 2.09 bits per heavy atom. The summed E-state index contributed by atoms with van der Waals surface area (Å²) in [4.78, 5) is 10.6. The molecule has 1 radical (unpaired) electrons. The van der Waals surface area contributed by atoms with Crippen molar-refractivity contribution < 1.29 is 4.79 Å². The van der Waals surface area contributed by atoms with Crippen LogP contribution >= 0.6 is 11.6 Å². The molecule has 0 saturated carbocycles. The quantitative estimate of drug-likeness (QED) is 0.485. The molecule has 65 valence electrons. The number of carbonyl (C=O) groups is 1. The van der Waals surface area contributed by atoms with E-state index in [2.05, 4.69) is 12.2 Å². The Labute approximate surface area is 73.3 Å². The van der Waals surface area contributed by atoms with Gasteiger partial charge in [0, 0.05) is 6.54 Å². The summed E-state index contributed by atoms with van der Waals surface area (Å²) in [6.07, 6.45) is 4.27. The molecular weight excluding hydrogens is 162 g/mol. The molecule has 0 aliphatic heterocycles. The number of nitrogens with one attached hydrogen (secondary N) is 1. The Morgan fingerprint density at radius 3 is 2.64 bits per heavy atom. The molecule has 11 heavy (non-hydrogen) atoms. The molecule has 0 rings (SSSR count). The van der Waals surface area contributed by atoms with Crippen LogP contribution < -0.4 is 5.32 Å². The number of hydrogen-bond donors (Lipinski definition) is 1. The van der Waals surface area contributed by atoms with Gasteiger partial charge in [0.1, 0.15) is 5.88 Å². The summed E-state index contributed by atoms with van der Waals surface area (Å²) in [7, 11) is 0. The molecule has 0 aliphatic carbocycles. The minimum absolute atomic E-state index is 0.0648. The van der Waals surface area contributed by atoms with Crippen molar-refractivity contribution >= 4 is 17.5 Å². The van der Waals surface area contributed by atoms with Crippen LogP contribution in [0.4, 0.5) is 0 Å². The monoisotopic (exact) mass is 176 g/mol. The first-order valence-corrected chi connectivity index (χ1v) is 4.46. The first kappa shape index (κ1) is 10.8. The smallest absolute Gasteiger partial charge is 0.234 e. The van der Waals surface area contributed by atoms with E-state index in [-0.39, 0.29) is 11.8 Å². The third-order valence-corrected chi connectivity index (χ3v) is 1.61. The molecule has 0 aromatic heterocycles. The van der Waals surface area contributed by atoms with Crippen LogP contribution in [0.2, 0.25) is 0 Å². The van der Waals surface area contributed by atoms with Gasteiger partial charge in [-0.15, -0.1) is 11.6 Å². The number of amides is 1. The van der Waals surface area contributed by atoms with Crippen LogP contribution in [0.25, 0.3) is 0 Å².